The third-order valence-corrected chi connectivity index (χ3v) is 3.16. The van der Waals surface area contributed by atoms with E-state index in [2.05, 4.69) is 4.90 Å². The Labute approximate surface area is 126 Å². The zero-order chi connectivity index (χ0) is 13.5. The Balaban J connectivity index is 0.00000200. The highest BCUT2D eigenvalue weighted by Crippen LogP contribution is 2.06. The van der Waals surface area contributed by atoms with Gasteiger partial charge in [-0.15, -0.1) is 12.4 Å². The van der Waals surface area contributed by atoms with E-state index >= 15 is 0 Å². The molecule has 1 aliphatic rings. The quantitative estimate of drug-likeness (QED) is 0.471. The van der Waals surface area contributed by atoms with Crippen LogP contribution in [0.4, 0.5) is 0 Å². The van der Waals surface area contributed by atoms with Crippen molar-refractivity contribution in [2.24, 2.45) is 5.73 Å². The van der Waals surface area contributed by atoms with Crippen molar-refractivity contribution in [3.63, 3.8) is 0 Å². The molecule has 112 valence electrons. The van der Waals surface area contributed by atoms with E-state index < -0.39 is 0 Å². The summed E-state index contributed by atoms with van der Waals surface area (Å²) in [5.74, 6) is 0.0927. The summed E-state index contributed by atoms with van der Waals surface area (Å²) in [6, 6.07) is 7.62. The second kappa shape index (κ2) is 8.92. The van der Waals surface area contributed by atoms with Gasteiger partial charge in [0, 0.05) is 25.2 Å². The number of amidine groups is 1. The number of halogens is 1. The number of nitrogens with one attached hydrogen (secondary N) is 1. The molecule has 1 saturated heterocycles. The molecule has 1 aromatic rings. The highest BCUT2D eigenvalue weighted by Gasteiger charge is 2.09. The van der Waals surface area contributed by atoms with Crippen molar-refractivity contribution in [3.05, 3.63) is 35.4 Å². The van der Waals surface area contributed by atoms with Gasteiger partial charge in [0.1, 0.15) is 5.84 Å². The van der Waals surface area contributed by atoms with E-state index in [0.717, 1.165) is 44.0 Å². The van der Waals surface area contributed by atoms with Crippen molar-refractivity contribution in [1.82, 2.24) is 4.90 Å². The zero-order valence-corrected chi connectivity index (χ0v) is 12.3. The fourth-order valence-electron chi connectivity index (χ4n) is 2.04. The molecule has 5 nitrogen and oxygen atoms in total. The predicted octanol–water partition coefficient (Wildman–Crippen LogP) is 1.24. The first kappa shape index (κ1) is 16.9. The van der Waals surface area contributed by atoms with Gasteiger partial charge in [-0.3, -0.25) is 10.3 Å². The van der Waals surface area contributed by atoms with Crippen LogP contribution in [0.15, 0.2) is 24.3 Å². The topological polar surface area (TPSA) is 71.6 Å². The van der Waals surface area contributed by atoms with Crippen molar-refractivity contribution < 1.29 is 9.47 Å². The van der Waals surface area contributed by atoms with Gasteiger partial charge in [0.25, 0.3) is 0 Å². The smallest absolute Gasteiger partial charge is 0.122 e. The average molecular weight is 300 g/mol. The predicted molar refractivity (Wildman–Crippen MR) is 81.6 cm³/mol. The van der Waals surface area contributed by atoms with Crippen LogP contribution in [0.3, 0.4) is 0 Å². The number of benzene rings is 1. The number of rotatable bonds is 6. The van der Waals surface area contributed by atoms with Crippen LogP contribution in [0.25, 0.3) is 0 Å². The number of morpholine rings is 1. The first-order valence-electron chi connectivity index (χ1n) is 6.57. The fraction of sp³-hybridized carbons (Fsp3) is 0.500. The molecule has 0 amide bonds. The molecule has 20 heavy (non-hydrogen) atoms. The van der Waals surface area contributed by atoms with Crippen LogP contribution >= 0.6 is 12.4 Å². The fourth-order valence-corrected chi connectivity index (χ4v) is 2.04. The van der Waals surface area contributed by atoms with Gasteiger partial charge in [0.05, 0.1) is 26.4 Å². The Kier molecular flexibility index (Phi) is 7.54. The maximum atomic E-state index is 7.40. The van der Waals surface area contributed by atoms with Gasteiger partial charge in [-0.1, -0.05) is 18.2 Å². The standard InChI is InChI=1S/C14H21N3O2.ClH/c15-14(16)13-3-1-2-12(10-13)11-19-9-6-17-4-7-18-8-5-17;/h1-3,10H,4-9,11H2,(H3,15,16);1H. The number of nitrogen functional groups attached to an aromatic ring is 1. The molecule has 1 aliphatic heterocycles. The van der Waals surface area contributed by atoms with E-state index in [1.54, 1.807) is 0 Å². The van der Waals surface area contributed by atoms with Gasteiger partial charge in [-0.25, -0.2) is 0 Å². The Hall–Kier alpha value is -1.14. The monoisotopic (exact) mass is 299 g/mol. The minimum Gasteiger partial charge on any atom is -0.384 e. The summed E-state index contributed by atoms with van der Waals surface area (Å²) in [7, 11) is 0. The van der Waals surface area contributed by atoms with Gasteiger partial charge < -0.3 is 15.2 Å². The highest BCUT2D eigenvalue weighted by atomic mass is 35.5. The molecule has 0 aromatic heterocycles. The molecule has 0 aliphatic carbocycles. The molecule has 3 N–H and O–H groups in total. The summed E-state index contributed by atoms with van der Waals surface area (Å²) in [6.45, 7) is 5.83. The zero-order valence-electron chi connectivity index (χ0n) is 11.5. The van der Waals surface area contributed by atoms with Crippen LogP contribution in [-0.4, -0.2) is 50.2 Å². The molecule has 0 bridgehead atoms. The van der Waals surface area contributed by atoms with Crippen molar-refractivity contribution in [2.45, 2.75) is 6.61 Å². The van der Waals surface area contributed by atoms with Crippen molar-refractivity contribution in [1.29, 1.82) is 5.41 Å². The van der Waals surface area contributed by atoms with Crippen LogP contribution in [0.1, 0.15) is 11.1 Å². The van der Waals surface area contributed by atoms with E-state index in [9.17, 15) is 0 Å². The van der Waals surface area contributed by atoms with Gasteiger partial charge in [-0.2, -0.15) is 0 Å². The molecule has 2 rings (SSSR count). The SMILES string of the molecule is Cl.N=C(N)c1cccc(COCCN2CCOCC2)c1. The highest BCUT2D eigenvalue weighted by molar-refractivity contribution is 5.95. The third-order valence-electron chi connectivity index (χ3n) is 3.16. The number of nitrogens with two attached hydrogens (primary N) is 1. The first-order valence-corrected chi connectivity index (χ1v) is 6.57. The lowest BCUT2D eigenvalue weighted by Gasteiger charge is -2.26. The van der Waals surface area contributed by atoms with Gasteiger partial charge in [0.15, 0.2) is 0 Å². The molecular weight excluding hydrogens is 278 g/mol. The molecule has 1 aromatic carbocycles. The lowest BCUT2D eigenvalue weighted by Crippen LogP contribution is -2.38. The molecule has 1 fully saturated rings. The first-order chi connectivity index (χ1) is 9.25. The lowest BCUT2D eigenvalue weighted by molar-refractivity contribution is 0.0180. The Morgan fingerprint density at radius 3 is 2.80 bits per heavy atom. The Bertz CT molecular complexity index is 423. The van der Waals surface area contributed by atoms with Crippen molar-refractivity contribution in [2.75, 3.05) is 39.5 Å². The van der Waals surface area contributed by atoms with Gasteiger partial charge >= 0.3 is 0 Å². The minimum atomic E-state index is 0. The van der Waals surface area contributed by atoms with E-state index in [-0.39, 0.29) is 18.2 Å². The second-order valence-electron chi connectivity index (χ2n) is 4.62. The number of ether oxygens (including phenoxy) is 2. The van der Waals surface area contributed by atoms with Crippen molar-refractivity contribution >= 4 is 18.2 Å². The molecule has 0 atom stereocenters. The average Bonchev–Trinajstić information content (AvgIpc) is 2.45. The van der Waals surface area contributed by atoms with Gasteiger partial charge in [-0.05, 0) is 11.6 Å². The van der Waals surface area contributed by atoms with Crippen LogP contribution in [0, 0.1) is 5.41 Å². The Morgan fingerprint density at radius 2 is 2.10 bits per heavy atom. The Morgan fingerprint density at radius 1 is 1.35 bits per heavy atom. The van der Waals surface area contributed by atoms with Crippen LogP contribution in [0.2, 0.25) is 0 Å². The van der Waals surface area contributed by atoms with Crippen LogP contribution in [0.5, 0.6) is 0 Å². The van der Waals surface area contributed by atoms with Crippen LogP contribution < -0.4 is 5.73 Å². The summed E-state index contributed by atoms with van der Waals surface area (Å²) in [5, 5.41) is 7.40. The summed E-state index contributed by atoms with van der Waals surface area (Å²) < 4.78 is 11.0. The van der Waals surface area contributed by atoms with Gasteiger partial charge in [0.2, 0.25) is 0 Å². The van der Waals surface area contributed by atoms with E-state index in [1.165, 1.54) is 0 Å². The molecule has 0 spiro atoms. The normalized spacial score (nSPS) is 15.6. The summed E-state index contributed by atoms with van der Waals surface area (Å²) in [5.41, 5.74) is 7.25. The molecule has 0 radical (unpaired) electrons. The second-order valence-corrected chi connectivity index (χ2v) is 4.62. The maximum absolute atomic E-state index is 7.40. The summed E-state index contributed by atoms with van der Waals surface area (Å²) in [4.78, 5) is 2.34. The number of nitrogens with zero attached hydrogens (tertiary/aromatic N) is 1. The van der Waals surface area contributed by atoms with Crippen LogP contribution in [-0.2, 0) is 16.1 Å². The number of hydrogen-bond donors (Lipinski definition) is 2. The largest absolute Gasteiger partial charge is 0.384 e. The lowest BCUT2D eigenvalue weighted by atomic mass is 10.1. The molecular formula is C14H22ClN3O2. The van der Waals surface area contributed by atoms with Crippen molar-refractivity contribution in [3.8, 4) is 0 Å². The molecule has 0 saturated carbocycles. The summed E-state index contributed by atoms with van der Waals surface area (Å²) >= 11 is 0. The third kappa shape index (κ3) is 5.46. The summed E-state index contributed by atoms with van der Waals surface area (Å²) in [6.07, 6.45) is 0. The van der Waals surface area contributed by atoms with E-state index in [1.807, 2.05) is 24.3 Å². The van der Waals surface area contributed by atoms with E-state index in [4.69, 9.17) is 20.6 Å². The molecule has 0 unspecified atom stereocenters. The molecule has 1 heterocycles. The van der Waals surface area contributed by atoms with E-state index in [0.29, 0.717) is 13.2 Å². The molecule has 6 heteroatoms. The minimum absolute atomic E-state index is 0. The maximum Gasteiger partial charge on any atom is 0.122 e. The number of hydrogen-bond acceptors (Lipinski definition) is 4.